The molecule has 0 fully saturated rings. The first-order chi connectivity index (χ1) is 6.47. The molecule has 0 spiro atoms. The van der Waals surface area contributed by atoms with Crippen molar-refractivity contribution in [1.82, 2.24) is 5.32 Å². The van der Waals surface area contributed by atoms with Gasteiger partial charge in [0.2, 0.25) is 5.91 Å². The van der Waals surface area contributed by atoms with Gasteiger partial charge >= 0.3 is 11.9 Å². The minimum Gasteiger partial charge on any atom is -0.481 e. The lowest BCUT2D eigenvalue weighted by atomic mass is 10.2. The minimum absolute atomic E-state index is 0.0244. The number of carboxylic acids is 2. The van der Waals surface area contributed by atoms with Crippen LogP contribution in [0.5, 0.6) is 0 Å². The summed E-state index contributed by atoms with van der Waals surface area (Å²) in [6.45, 7) is 0.0885. The molecule has 1 amide bonds. The molecule has 5 N–H and O–H groups in total. The zero-order valence-electron chi connectivity index (χ0n) is 7.40. The van der Waals surface area contributed by atoms with Crippen LogP contribution in [-0.4, -0.2) is 40.6 Å². The van der Waals surface area contributed by atoms with E-state index >= 15 is 0 Å². The lowest BCUT2D eigenvalue weighted by Crippen LogP contribution is -2.42. The second-order valence-electron chi connectivity index (χ2n) is 2.59. The normalized spacial score (nSPS) is 11.8. The molecule has 0 aromatic heterocycles. The minimum atomic E-state index is -1.40. The van der Waals surface area contributed by atoms with Gasteiger partial charge in [-0.2, -0.15) is 0 Å². The van der Waals surface area contributed by atoms with E-state index in [1.807, 2.05) is 5.32 Å². The van der Waals surface area contributed by atoms with Gasteiger partial charge in [0.25, 0.3) is 0 Å². The summed E-state index contributed by atoms with van der Waals surface area (Å²) in [7, 11) is 0. The highest BCUT2D eigenvalue weighted by atomic mass is 16.4. The van der Waals surface area contributed by atoms with Gasteiger partial charge < -0.3 is 21.3 Å². The van der Waals surface area contributed by atoms with E-state index in [1.165, 1.54) is 0 Å². The first-order valence-corrected chi connectivity index (χ1v) is 3.91. The van der Waals surface area contributed by atoms with Crippen molar-refractivity contribution in [3.63, 3.8) is 0 Å². The SMILES string of the molecule is NCCC(=O)N[C@@H](CC(=O)O)C(=O)O. The number of hydrogen-bond acceptors (Lipinski definition) is 4. The fourth-order valence-electron chi connectivity index (χ4n) is 0.772. The fourth-order valence-corrected chi connectivity index (χ4v) is 0.772. The number of rotatable bonds is 6. The Kier molecular flexibility index (Phi) is 5.23. The highest BCUT2D eigenvalue weighted by Gasteiger charge is 2.22. The molecule has 0 aromatic rings. The van der Waals surface area contributed by atoms with Crippen LogP contribution in [0.15, 0.2) is 0 Å². The van der Waals surface area contributed by atoms with Crippen LogP contribution in [0.2, 0.25) is 0 Å². The van der Waals surface area contributed by atoms with Gasteiger partial charge in [0.05, 0.1) is 6.42 Å². The molecule has 0 aromatic carbocycles. The third-order valence-electron chi connectivity index (χ3n) is 1.38. The summed E-state index contributed by atoms with van der Waals surface area (Å²) in [5.74, 6) is -3.23. The monoisotopic (exact) mass is 204 g/mol. The van der Waals surface area contributed by atoms with E-state index in [1.54, 1.807) is 0 Å². The Bertz CT molecular complexity index is 240. The smallest absolute Gasteiger partial charge is 0.326 e. The van der Waals surface area contributed by atoms with Crippen LogP contribution in [-0.2, 0) is 14.4 Å². The van der Waals surface area contributed by atoms with E-state index in [9.17, 15) is 14.4 Å². The fraction of sp³-hybridized carbons (Fsp3) is 0.571. The van der Waals surface area contributed by atoms with Gasteiger partial charge in [0, 0.05) is 13.0 Å². The maximum atomic E-state index is 10.9. The summed E-state index contributed by atoms with van der Waals surface area (Å²) < 4.78 is 0. The van der Waals surface area contributed by atoms with Crippen LogP contribution >= 0.6 is 0 Å². The summed E-state index contributed by atoms with van der Waals surface area (Å²) in [4.78, 5) is 31.6. The molecule has 0 saturated carbocycles. The average Bonchev–Trinajstić information content (AvgIpc) is 2.02. The largest absolute Gasteiger partial charge is 0.481 e. The standard InChI is InChI=1S/C7H12N2O5/c8-2-1-5(10)9-4(7(13)14)3-6(11)12/h4H,1-3,8H2,(H,9,10)(H,11,12)(H,13,14)/t4-/m0/s1. The van der Waals surface area contributed by atoms with Gasteiger partial charge in [0.15, 0.2) is 0 Å². The molecule has 0 aliphatic carbocycles. The third-order valence-corrected chi connectivity index (χ3v) is 1.38. The Hall–Kier alpha value is -1.63. The molecule has 7 nitrogen and oxygen atoms in total. The van der Waals surface area contributed by atoms with Gasteiger partial charge in [-0.3, -0.25) is 9.59 Å². The number of nitrogens with one attached hydrogen (secondary N) is 1. The van der Waals surface area contributed by atoms with Crippen molar-refractivity contribution in [3.8, 4) is 0 Å². The van der Waals surface area contributed by atoms with E-state index in [0.29, 0.717) is 0 Å². The van der Waals surface area contributed by atoms with E-state index in [0.717, 1.165) is 0 Å². The predicted molar refractivity (Wildman–Crippen MR) is 45.5 cm³/mol. The number of hydrogen-bond donors (Lipinski definition) is 4. The van der Waals surface area contributed by atoms with Crippen molar-refractivity contribution in [3.05, 3.63) is 0 Å². The Labute approximate surface area is 79.9 Å². The Morgan fingerprint density at radius 1 is 1.29 bits per heavy atom. The van der Waals surface area contributed by atoms with Crippen LogP contribution in [0.4, 0.5) is 0 Å². The number of amides is 1. The van der Waals surface area contributed by atoms with Crippen molar-refractivity contribution >= 4 is 17.8 Å². The number of nitrogens with two attached hydrogens (primary N) is 1. The van der Waals surface area contributed by atoms with Gasteiger partial charge in [0.1, 0.15) is 6.04 Å². The van der Waals surface area contributed by atoms with Crippen molar-refractivity contribution in [2.75, 3.05) is 6.54 Å². The molecule has 0 bridgehead atoms. The maximum Gasteiger partial charge on any atom is 0.326 e. The van der Waals surface area contributed by atoms with Gasteiger partial charge in [-0.05, 0) is 0 Å². The summed E-state index contributed by atoms with van der Waals surface area (Å²) in [6, 6.07) is -1.40. The second-order valence-corrected chi connectivity index (χ2v) is 2.59. The van der Waals surface area contributed by atoms with E-state index in [-0.39, 0.29) is 13.0 Å². The predicted octanol–water partition coefficient (Wildman–Crippen LogP) is -1.62. The first kappa shape index (κ1) is 12.4. The molecular formula is C7H12N2O5. The second kappa shape index (κ2) is 5.92. The molecular weight excluding hydrogens is 192 g/mol. The number of aliphatic carboxylic acids is 2. The van der Waals surface area contributed by atoms with Crippen LogP contribution in [0, 0.1) is 0 Å². The molecule has 14 heavy (non-hydrogen) atoms. The summed E-state index contributed by atoms with van der Waals surface area (Å²) in [6.07, 6.45) is -0.672. The number of carbonyl (C=O) groups excluding carboxylic acids is 1. The molecule has 0 aliphatic rings. The molecule has 1 atom stereocenters. The molecule has 0 rings (SSSR count). The molecule has 0 heterocycles. The van der Waals surface area contributed by atoms with Gasteiger partial charge in [-0.1, -0.05) is 0 Å². The summed E-state index contributed by atoms with van der Waals surface area (Å²) >= 11 is 0. The molecule has 0 unspecified atom stereocenters. The lowest BCUT2D eigenvalue weighted by molar-refractivity contribution is -0.147. The van der Waals surface area contributed by atoms with E-state index < -0.39 is 30.3 Å². The Morgan fingerprint density at radius 3 is 2.21 bits per heavy atom. The van der Waals surface area contributed by atoms with Crippen molar-refractivity contribution in [2.45, 2.75) is 18.9 Å². The van der Waals surface area contributed by atoms with Crippen LogP contribution in [0.3, 0.4) is 0 Å². The van der Waals surface area contributed by atoms with Crippen molar-refractivity contribution in [1.29, 1.82) is 0 Å². The van der Waals surface area contributed by atoms with Crippen molar-refractivity contribution in [2.24, 2.45) is 5.73 Å². The molecule has 80 valence electrons. The van der Waals surface area contributed by atoms with Crippen LogP contribution < -0.4 is 11.1 Å². The lowest BCUT2D eigenvalue weighted by Gasteiger charge is -2.11. The summed E-state index contributed by atoms with van der Waals surface area (Å²) in [5.41, 5.74) is 5.06. The molecule has 0 radical (unpaired) electrons. The number of carbonyl (C=O) groups is 3. The summed E-state index contributed by atoms with van der Waals surface area (Å²) in [5, 5.41) is 18.9. The molecule has 0 aliphatic heterocycles. The van der Waals surface area contributed by atoms with E-state index in [2.05, 4.69) is 0 Å². The number of carboxylic acid groups (broad SMARTS) is 2. The van der Waals surface area contributed by atoms with Gasteiger partial charge in [-0.15, -0.1) is 0 Å². The topological polar surface area (TPSA) is 130 Å². The first-order valence-electron chi connectivity index (χ1n) is 3.91. The van der Waals surface area contributed by atoms with E-state index in [4.69, 9.17) is 15.9 Å². The quantitative estimate of drug-likeness (QED) is 0.411. The highest BCUT2D eigenvalue weighted by molar-refractivity contribution is 5.86. The Morgan fingerprint density at radius 2 is 1.86 bits per heavy atom. The molecule has 7 heteroatoms. The van der Waals surface area contributed by atoms with Crippen LogP contribution in [0.1, 0.15) is 12.8 Å². The van der Waals surface area contributed by atoms with Gasteiger partial charge in [-0.25, -0.2) is 4.79 Å². The maximum absolute atomic E-state index is 10.9. The zero-order valence-corrected chi connectivity index (χ0v) is 7.40. The van der Waals surface area contributed by atoms with Crippen LogP contribution in [0.25, 0.3) is 0 Å². The van der Waals surface area contributed by atoms with Crippen molar-refractivity contribution < 1.29 is 24.6 Å². The molecule has 0 saturated heterocycles. The highest BCUT2D eigenvalue weighted by Crippen LogP contribution is 1.93. The average molecular weight is 204 g/mol. The third kappa shape index (κ3) is 5.09. The zero-order chi connectivity index (χ0) is 11.1. The Balaban J connectivity index is 4.16.